The fraction of sp³-hybridized carbons (Fsp3) is 1.00. The van der Waals surface area contributed by atoms with Crippen LogP contribution in [0.25, 0.3) is 0 Å². The van der Waals surface area contributed by atoms with E-state index in [1.807, 2.05) is 0 Å². The van der Waals surface area contributed by atoms with E-state index in [0.29, 0.717) is 0 Å². The standard InChI is InChI=1S/C16H25F11N2O10S3/c1-29(2,7-11(31)9-41(35,36)37)5-3-4-28(6-10(30)8-40(32,33)34)42(38,39)16(26,27)14(21,22)12(17,18)13(19,20)15(23,24)25/h10-11,30-31H,3-9H2,1-2H3,(H-,32,33,34,35,36,37)/p+1. The molecule has 0 amide bonds. The van der Waals surface area contributed by atoms with Gasteiger partial charge in [0.25, 0.3) is 30.3 Å². The molecule has 0 aromatic rings. The van der Waals surface area contributed by atoms with Crippen molar-refractivity contribution in [3.8, 4) is 0 Å². The van der Waals surface area contributed by atoms with Gasteiger partial charge in [-0.1, -0.05) is 0 Å². The van der Waals surface area contributed by atoms with Crippen LogP contribution in [0.2, 0.25) is 0 Å². The van der Waals surface area contributed by atoms with Crippen molar-refractivity contribution in [3.05, 3.63) is 0 Å². The molecule has 2 atom stereocenters. The third-order valence-electron chi connectivity index (χ3n) is 5.27. The van der Waals surface area contributed by atoms with Crippen LogP contribution in [0.3, 0.4) is 0 Å². The second-order valence-corrected chi connectivity index (χ2v) is 14.6. The number of alkyl halides is 11. The Bertz CT molecular complexity index is 1260. The number of halogens is 11. The number of hydrogen-bond donors (Lipinski definition) is 4. The molecule has 0 bridgehead atoms. The highest BCUT2D eigenvalue weighted by Crippen LogP contribution is 2.58. The number of likely N-dealkylation sites (N-methyl/N-ethyl adjacent to an activating group) is 1. The Morgan fingerprint density at radius 3 is 1.48 bits per heavy atom. The van der Waals surface area contributed by atoms with Crippen molar-refractivity contribution in [1.29, 1.82) is 0 Å². The minimum atomic E-state index is -8.10. The molecule has 0 heterocycles. The van der Waals surface area contributed by atoms with Crippen LogP contribution in [-0.2, 0) is 30.3 Å². The molecule has 0 saturated heterocycles. The third-order valence-corrected chi connectivity index (χ3v) is 8.80. The first-order valence-corrected chi connectivity index (χ1v) is 15.4. The summed E-state index contributed by atoms with van der Waals surface area (Å²) in [7, 11) is -15.2. The summed E-state index contributed by atoms with van der Waals surface area (Å²) in [6, 6.07) is 0. The van der Waals surface area contributed by atoms with Crippen LogP contribution in [0, 0.1) is 0 Å². The molecular weight excluding hydrogens is 685 g/mol. The van der Waals surface area contributed by atoms with E-state index in [2.05, 4.69) is 0 Å². The van der Waals surface area contributed by atoms with Crippen LogP contribution in [0.4, 0.5) is 48.3 Å². The second-order valence-electron chi connectivity index (χ2n) is 9.60. The predicted molar refractivity (Wildman–Crippen MR) is 118 cm³/mol. The summed E-state index contributed by atoms with van der Waals surface area (Å²) in [5.41, 5.74) is 0. The highest BCUT2D eigenvalue weighted by Gasteiger charge is 2.89. The van der Waals surface area contributed by atoms with Gasteiger partial charge in [-0.25, -0.2) is 8.42 Å². The average Bonchev–Trinajstić information content (AvgIpc) is 2.67. The Labute approximate surface area is 231 Å². The van der Waals surface area contributed by atoms with Crippen molar-refractivity contribution in [2.45, 2.75) is 47.8 Å². The minimum Gasteiger partial charge on any atom is -0.391 e. The van der Waals surface area contributed by atoms with Gasteiger partial charge < -0.3 is 14.7 Å². The maximum absolute atomic E-state index is 14.5. The first kappa shape index (κ1) is 40.8. The van der Waals surface area contributed by atoms with Gasteiger partial charge in [-0.15, -0.1) is 0 Å². The zero-order chi connectivity index (χ0) is 34.2. The van der Waals surface area contributed by atoms with Gasteiger partial charge in [-0.3, -0.25) is 9.11 Å². The van der Waals surface area contributed by atoms with Gasteiger partial charge in [0.05, 0.1) is 26.7 Å². The Morgan fingerprint density at radius 2 is 1.10 bits per heavy atom. The first-order chi connectivity index (χ1) is 18.1. The van der Waals surface area contributed by atoms with E-state index in [0.717, 1.165) is 14.1 Å². The van der Waals surface area contributed by atoms with E-state index in [1.54, 1.807) is 0 Å². The molecule has 0 aromatic heterocycles. The summed E-state index contributed by atoms with van der Waals surface area (Å²) >= 11 is 0. The van der Waals surface area contributed by atoms with E-state index in [-0.39, 0.29) is 0 Å². The highest BCUT2D eigenvalue weighted by atomic mass is 32.2. The van der Waals surface area contributed by atoms with E-state index in [9.17, 15) is 83.8 Å². The lowest BCUT2D eigenvalue weighted by Gasteiger charge is -2.38. The molecule has 2 unspecified atom stereocenters. The van der Waals surface area contributed by atoms with Crippen LogP contribution < -0.4 is 0 Å². The van der Waals surface area contributed by atoms with E-state index < -0.39 is 125 Å². The summed E-state index contributed by atoms with van der Waals surface area (Å²) in [4.78, 5) is 0. The highest BCUT2D eigenvalue weighted by molar-refractivity contribution is 7.90. The van der Waals surface area contributed by atoms with Crippen LogP contribution >= 0.6 is 0 Å². The molecule has 0 radical (unpaired) electrons. The molecule has 0 fully saturated rings. The maximum atomic E-state index is 14.5. The molecule has 0 aliphatic rings. The molecule has 0 aliphatic heterocycles. The monoisotopic (exact) mass is 711 g/mol. The van der Waals surface area contributed by atoms with Gasteiger partial charge in [0, 0.05) is 19.5 Å². The zero-order valence-electron chi connectivity index (χ0n) is 21.1. The minimum absolute atomic E-state index is 0.562. The predicted octanol–water partition coefficient (Wildman–Crippen LogP) is 0.643. The van der Waals surface area contributed by atoms with E-state index in [1.165, 1.54) is 0 Å². The Balaban J connectivity index is 6.49. The van der Waals surface area contributed by atoms with Crippen LogP contribution in [0.5, 0.6) is 0 Å². The molecule has 0 saturated carbocycles. The van der Waals surface area contributed by atoms with Crippen molar-refractivity contribution in [3.63, 3.8) is 0 Å². The Morgan fingerprint density at radius 1 is 0.690 bits per heavy atom. The lowest BCUT2D eigenvalue weighted by atomic mass is 10.0. The number of aliphatic hydroxyl groups excluding tert-OH is 2. The number of rotatable bonds is 17. The van der Waals surface area contributed by atoms with Crippen molar-refractivity contribution in [1.82, 2.24) is 4.31 Å². The molecule has 254 valence electrons. The van der Waals surface area contributed by atoms with Crippen molar-refractivity contribution in [2.24, 2.45) is 0 Å². The quantitative estimate of drug-likeness (QED) is 0.0949. The summed E-state index contributed by atoms with van der Waals surface area (Å²) in [6.07, 6.45) is -13.1. The second kappa shape index (κ2) is 12.7. The van der Waals surface area contributed by atoms with Crippen molar-refractivity contribution >= 4 is 30.3 Å². The lowest BCUT2D eigenvalue weighted by molar-refractivity contribution is -0.893. The normalized spacial score (nSPS) is 17.0. The Hall–Kier alpha value is -1.16. The van der Waals surface area contributed by atoms with Gasteiger partial charge in [-0.2, -0.15) is 69.4 Å². The summed E-state index contributed by atoms with van der Waals surface area (Å²) in [6.45, 7) is -4.76. The molecule has 42 heavy (non-hydrogen) atoms. The fourth-order valence-electron chi connectivity index (χ4n) is 3.36. The Kier molecular flexibility index (Phi) is 12.3. The van der Waals surface area contributed by atoms with Crippen molar-refractivity contribution in [2.75, 3.05) is 51.8 Å². The molecular formula is C16H26F11N2O10S3+. The molecule has 0 rings (SSSR count). The van der Waals surface area contributed by atoms with Gasteiger partial charge in [0.1, 0.15) is 24.2 Å². The molecule has 0 aromatic carbocycles. The number of quaternary nitrogens is 1. The van der Waals surface area contributed by atoms with Gasteiger partial charge >= 0.3 is 29.2 Å². The third kappa shape index (κ3) is 9.67. The van der Waals surface area contributed by atoms with Crippen molar-refractivity contribution < 1.29 is 97.3 Å². The number of sulfonamides is 1. The smallest absolute Gasteiger partial charge is 0.391 e. The van der Waals surface area contributed by atoms with Gasteiger partial charge in [0.2, 0.25) is 0 Å². The largest absolute Gasteiger partial charge is 0.460 e. The van der Waals surface area contributed by atoms with E-state index >= 15 is 0 Å². The van der Waals surface area contributed by atoms with Gasteiger partial charge in [0.15, 0.2) is 0 Å². The van der Waals surface area contributed by atoms with Crippen LogP contribution in [-0.4, -0.2) is 147 Å². The van der Waals surface area contributed by atoms with Gasteiger partial charge in [-0.05, 0) is 0 Å². The molecule has 12 nitrogen and oxygen atoms in total. The first-order valence-electron chi connectivity index (χ1n) is 10.7. The molecule has 0 spiro atoms. The van der Waals surface area contributed by atoms with Crippen LogP contribution in [0.1, 0.15) is 6.42 Å². The maximum Gasteiger partial charge on any atom is 0.460 e. The molecule has 26 heteroatoms. The van der Waals surface area contributed by atoms with Crippen LogP contribution in [0.15, 0.2) is 0 Å². The SMILES string of the molecule is C[N+](C)(CCCN(CC(O)CS(=O)(=O)O)S(=O)(=O)C(F)(F)C(F)(F)C(F)(F)C(F)(F)C(F)(F)F)CC(O)CS(=O)(=O)O. The molecule has 4 N–H and O–H groups in total. The summed E-state index contributed by atoms with van der Waals surface area (Å²) < 4.78 is 232. The molecule has 0 aliphatic carbocycles. The average molecular weight is 712 g/mol. The topological polar surface area (TPSA) is 187 Å². The summed E-state index contributed by atoms with van der Waals surface area (Å²) in [5.74, 6) is -27.1. The lowest BCUT2D eigenvalue weighted by Crippen LogP contribution is -2.69. The fourth-order valence-corrected chi connectivity index (χ4v) is 6.05. The summed E-state index contributed by atoms with van der Waals surface area (Å²) in [5, 5.41) is 11.9. The number of nitrogens with zero attached hydrogens (tertiary/aromatic N) is 2. The number of hydrogen-bond acceptors (Lipinski definition) is 8. The zero-order valence-corrected chi connectivity index (χ0v) is 23.6. The number of aliphatic hydroxyl groups is 2. The van der Waals surface area contributed by atoms with E-state index in [4.69, 9.17) is 9.11 Å².